The van der Waals surface area contributed by atoms with Gasteiger partial charge in [0.25, 0.3) is 5.91 Å². The number of carbonyl (C=O) groups excluding carboxylic acids is 1. The third-order valence-corrected chi connectivity index (χ3v) is 8.41. The molecule has 0 bridgehead atoms. The second-order valence-corrected chi connectivity index (χ2v) is 11.2. The zero-order valence-electron chi connectivity index (χ0n) is 20.5. The number of amides is 1. The monoisotopic (exact) mass is 596 g/mol. The number of nitrogens with zero attached hydrogens (tertiary/aromatic N) is 2. The topological polar surface area (TPSA) is 175 Å². The molecule has 0 fully saturated rings. The van der Waals surface area contributed by atoms with Crippen molar-refractivity contribution < 1.29 is 28.0 Å². The van der Waals surface area contributed by atoms with Gasteiger partial charge in [0.05, 0.1) is 21.1 Å². The van der Waals surface area contributed by atoms with Crippen LogP contribution in [0.1, 0.15) is 32.1 Å². The first-order chi connectivity index (χ1) is 18.6. The summed E-state index contributed by atoms with van der Waals surface area (Å²) in [5.74, 6) is -1.87. The number of halogens is 2. The zero-order valence-corrected chi connectivity index (χ0v) is 22.9. The Morgan fingerprint density at radius 2 is 1.82 bits per heavy atom. The lowest BCUT2D eigenvalue weighted by Gasteiger charge is -2.31. The van der Waals surface area contributed by atoms with Crippen LogP contribution < -0.4 is 15.4 Å². The molecule has 12 nitrogen and oxygen atoms in total. The van der Waals surface area contributed by atoms with E-state index >= 15 is 0 Å². The molecule has 39 heavy (non-hydrogen) atoms. The second-order valence-electron chi connectivity index (χ2n) is 8.78. The van der Waals surface area contributed by atoms with Crippen molar-refractivity contribution in [2.45, 2.75) is 42.7 Å². The van der Waals surface area contributed by atoms with Crippen LogP contribution in [0.25, 0.3) is 11.0 Å². The maximum Gasteiger partial charge on any atom is 0.345 e. The predicted octanol–water partition coefficient (Wildman–Crippen LogP) is 3.49. The molecule has 2 heterocycles. The minimum atomic E-state index is -4.59. The van der Waals surface area contributed by atoms with Crippen molar-refractivity contribution in [2.24, 2.45) is 5.16 Å². The number of aromatic amines is 1. The highest BCUT2D eigenvalue weighted by atomic mass is 35.5. The van der Waals surface area contributed by atoms with Crippen LogP contribution in [0.2, 0.25) is 10.0 Å². The van der Waals surface area contributed by atoms with Gasteiger partial charge in [-0.15, -0.1) is 0 Å². The van der Waals surface area contributed by atoms with Crippen LogP contribution >= 0.6 is 23.2 Å². The number of benzene rings is 2. The molecule has 0 saturated carbocycles. The van der Waals surface area contributed by atoms with Gasteiger partial charge in [-0.3, -0.25) is 4.79 Å². The highest BCUT2D eigenvalue weighted by Crippen LogP contribution is 2.30. The Hall–Kier alpha value is -3.39. The number of hydrogen-bond acceptors (Lipinski definition) is 8. The highest BCUT2D eigenvalue weighted by molar-refractivity contribution is 7.89. The van der Waals surface area contributed by atoms with E-state index in [0.29, 0.717) is 25.3 Å². The zero-order chi connectivity index (χ0) is 28.0. The van der Waals surface area contributed by atoms with E-state index in [4.69, 9.17) is 28.0 Å². The SMILES string of the molecule is O=C(NC(CCCCCNc1nc2ccccc2[nH]1)(NS(=O)(=O)c1c(Cl)cccc1Cl)C(=O)O)C1=NOCC1. The molecule has 3 aromatic rings. The number of carbonyl (C=O) groups is 2. The molecular formula is C24H26Cl2N6O6S. The molecule has 1 amide bonds. The van der Waals surface area contributed by atoms with Crippen LogP contribution in [0.4, 0.5) is 5.95 Å². The minimum absolute atomic E-state index is 0.0503. The number of rotatable bonds is 13. The van der Waals surface area contributed by atoms with Gasteiger partial charge in [0.2, 0.25) is 21.6 Å². The number of carboxylic acid groups (broad SMARTS) is 1. The number of H-pyrrole nitrogens is 1. The molecule has 15 heteroatoms. The number of fused-ring (bicyclic) bond motifs is 1. The molecule has 0 aliphatic carbocycles. The Morgan fingerprint density at radius 3 is 2.49 bits per heavy atom. The molecule has 0 saturated heterocycles. The van der Waals surface area contributed by atoms with Crippen molar-refractivity contribution in [3.63, 3.8) is 0 Å². The lowest BCUT2D eigenvalue weighted by Crippen LogP contribution is -2.66. The molecule has 208 valence electrons. The molecule has 1 unspecified atom stereocenters. The van der Waals surface area contributed by atoms with Gasteiger partial charge in [0.1, 0.15) is 17.2 Å². The number of imidazole rings is 1. The first kappa shape index (κ1) is 28.6. The summed E-state index contributed by atoms with van der Waals surface area (Å²) in [7, 11) is -4.59. The van der Waals surface area contributed by atoms with Gasteiger partial charge in [0.15, 0.2) is 0 Å². The van der Waals surface area contributed by atoms with E-state index in [-0.39, 0.29) is 41.6 Å². The first-order valence-corrected chi connectivity index (χ1v) is 14.3. The van der Waals surface area contributed by atoms with Crippen molar-refractivity contribution in [3.8, 4) is 0 Å². The van der Waals surface area contributed by atoms with E-state index in [1.54, 1.807) is 0 Å². The molecule has 4 rings (SSSR count). The van der Waals surface area contributed by atoms with Gasteiger partial charge in [-0.2, -0.15) is 4.72 Å². The number of aliphatic carboxylic acids is 1. The maximum atomic E-state index is 13.3. The van der Waals surface area contributed by atoms with Crippen LogP contribution in [0, 0.1) is 0 Å². The Bertz CT molecular complexity index is 1460. The number of unbranched alkanes of at least 4 members (excludes halogenated alkanes) is 2. The summed E-state index contributed by atoms with van der Waals surface area (Å²) in [4.78, 5) is 37.3. The van der Waals surface area contributed by atoms with E-state index in [9.17, 15) is 23.1 Å². The normalized spacial score (nSPS) is 14.9. The van der Waals surface area contributed by atoms with Crippen LogP contribution in [0.3, 0.4) is 0 Å². The molecule has 1 aliphatic rings. The van der Waals surface area contributed by atoms with Gasteiger partial charge in [-0.25, -0.2) is 18.2 Å². The summed E-state index contributed by atoms with van der Waals surface area (Å²) >= 11 is 12.2. The predicted molar refractivity (Wildman–Crippen MR) is 146 cm³/mol. The van der Waals surface area contributed by atoms with Crippen molar-refractivity contribution >= 4 is 67.8 Å². The largest absolute Gasteiger partial charge is 0.478 e. The fourth-order valence-corrected chi connectivity index (χ4v) is 6.49. The number of hydrogen-bond donors (Lipinski definition) is 5. The molecule has 2 aromatic carbocycles. The van der Waals surface area contributed by atoms with Crippen molar-refractivity contribution in [1.82, 2.24) is 20.0 Å². The lowest BCUT2D eigenvalue weighted by molar-refractivity contribution is -0.148. The summed E-state index contributed by atoms with van der Waals surface area (Å²) < 4.78 is 28.7. The summed E-state index contributed by atoms with van der Waals surface area (Å²) in [6, 6.07) is 11.7. The molecule has 1 aliphatic heterocycles. The van der Waals surface area contributed by atoms with E-state index in [0.717, 1.165) is 11.0 Å². The Kier molecular flexibility index (Phi) is 8.95. The third-order valence-electron chi connectivity index (χ3n) is 5.97. The van der Waals surface area contributed by atoms with E-state index in [1.165, 1.54) is 18.2 Å². The van der Waals surface area contributed by atoms with Gasteiger partial charge in [0, 0.05) is 13.0 Å². The van der Waals surface area contributed by atoms with Crippen molar-refractivity contribution in [2.75, 3.05) is 18.5 Å². The first-order valence-electron chi connectivity index (χ1n) is 12.0. The second kappa shape index (κ2) is 12.2. The number of sulfonamides is 1. The molecule has 0 radical (unpaired) electrons. The molecule has 5 N–H and O–H groups in total. The van der Waals surface area contributed by atoms with Gasteiger partial charge in [-0.1, -0.05) is 53.0 Å². The number of oxime groups is 1. The smallest absolute Gasteiger partial charge is 0.345 e. The Balaban J connectivity index is 1.46. The van der Waals surface area contributed by atoms with Crippen LogP contribution in [-0.2, 0) is 24.4 Å². The summed E-state index contributed by atoms with van der Waals surface area (Å²) in [6.45, 7) is 0.684. The minimum Gasteiger partial charge on any atom is -0.478 e. The van der Waals surface area contributed by atoms with E-state index < -0.39 is 32.5 Å². The number of carboxylic acids is 1. The van der Waals surface area contributed by atoms with Crippen molar-refractivity contribution in [1.29, 1.82) is 0 Å². The third kappa shape index (κ3) is 6.79. The van der Waals surface area contributed by atoms with Gasteiger partial charge in [-0.05, 0) is 43.5 Å². The van der Waals surface area contributed by atoms with E-state index in [2.05, 4.69) is 30.5 Å². The van der Waals surface area contributed by atoms with Gasteiger partial charge >= 0.3 is 5.97 Å². The molecule has 1 atom stereocenters. The number of para-hydroxylation sites is 2. The number of nitrogens with one attached hydrogen (secondary N) is 4. The van der Waals surface area contributed by atoms with Crippen LogP contribution in [0.5, 0.6) is 0 Å². The fraction of sp³-hybridized carbons (Fsp3) is 0.333. The van der Waals surface area contributed by atoms with Gasteiger partial charge < -0.3 is 25.6 Å². The Morgan fingerprint density at radius 1 is 1.08 bits per heavy atom. The molecule has 1 aromatic heterocycles. The summed E-state index contributed by atoms with van der Waals surface area (Å²) in [5.41, 5.74) is -0.740. The summed E-state index contributed by atoms with van der Waals surface area (Å²) in [5, 5.41) is 18.9. The van der Waals surface area contributed by atoms with E-state index in [1.807, 2.05) is 24.3 Å². The average Bonchev–Trinajstić information content (AvgIpc) is 3.55. The van der Waals surface area contributed by atoms with Crippen molar-refractivity contribution in [3.05, 3.63) is 52.5 Å². The van der Waals surface area contributed by atoms with Crippen LogP contribution in [-0.4, -0.2) is 59.9 Å². The standard InChI is InChI=1S/C24H26Cl2N6O6S/c25-15-7-6-8-16(26)20(15)39(36,37)32-24(22(34)35,30-21(33)19-11-14-38-31-19)12-4-1-5-13-27-23-28-17-9-2-3-10-18(17)29-23/h2-3,6-10,32H,1,4-5,11-14H2,(H,30,33)(H,34,35)(H2,27,28,29). The highest BCUT2D eigenvalue weighted by Gasteiger charge is 2.45. The fourth-order valence-electron chi connectivity index (χ4n) is 4.03. The summed E-state index contributed by atoms with van der Waals surface area (Å²) in [6.07, 6.45) is 1.25. The molecule has 0 spiro atoms. The quantitative estimate of drug-likeness (QED) is 0.147. The van der Waals surface area contributed by atoms with Crippen LogP contribution in [0.15, 0.2) is 52.5 Å². The number of anilines is 1. The lowest BCUT2D eigenvalue weighted by atomic mass is 10.0. The Labute approximate surface area is 234 Å². The maximum absolute atomic E-state index is 13.3. The number of aromatic nitrogens is 2. The average molecular weight is 597 g/mol. The molecular weight excluding hydrogens is 571 g/mol.